The number of hydrogen-bond acceptors (Lipinski definition) is 1. The largest absolute Gasteiger partial charge is 0.431 e. The predicted molar refractivity (Wildman–Crippen MR) is 69.6 cm³/mol. The van der Waals surface area contributed by atoms with Gasteiger partial charge < -0.3 is 4.80 Å². The Balaban J connectivity index is 2.58. The zero-order valence-electron chi connectivity index (χ0n) is 10.6. The van der Waals surface area contributed by atoms with Crippen molar-refractivity contribution in [3.05, 3.63) is 0 Å². The molecule has 0 unspecified atom stereocenters. The molecule has 0 spiro atoms. The standard InChI is InChI=1S/C13H28OSi/c1-3-11-15(14,12-4-2)13-9-7-5-6-8-10-13/h13-14H,3-12H2,1-2H3. The van der Waals surface area contributed by atoms with Gasteiger partial charge in [-0.2, -0.15) is 0 Å². The molecule has 1 N–H and O–H groups in total. The molecule has 0 aromatic heterocycles. The van der Waals surface area contributed by atoms with Gasteiger partial charge in [-0.15, -0.1) is 0 Å². The van der Waals surface area contributed by atoms with E-state index < -0.39 is 8.32 Å². The summed E-state index contributed by atoms with van der Waals surface area (Å²) in [7, 11) is -1.88. The first kappa shape index (κ1) is 13.2. The molecule has 1 aliphatic carbocycles. The zero-order chi connectivity index (χ0) is 11.1. The monoisotopic (exact) mass is 228 g/mol. The van der Waals surface area contributed by atoms with Gasteiger partial charge in [0.1, 0.15) is 0 Å². The molecule has 0 aromatic carbocycles. The summed E-state index contributed by atoms with van der Waals surface area (Å²) >= 11 is 0. The van der Waals surface area contributed by atoms with Crippen LogP contribution in [-0.4, -0.2) is 13.1 Å². The van der Waals surface area contributed by atoms with Crippen LogP contribution in [0.15, 0.2) is 0 Å². The molecule has 0 aliphatic heterocycles. The highest BCUT2D eigenvalue weighted by molar-refractivity contribution is 6.74. The second-order valence-corrected chi connectivity index (χ2v) is 9.32. The summed E-state index contributed by atoms with van der Waals surface area (Å²) in [6.45, 7) is 4.45. The van der Waals surface area contributed by atoms with Crippen molar-refractivity contribution in [1.82, 2.24) is 0 Å². The van der Waals surface area contributed by atoms with Crippen molar-refractivity contribution in [2.75, 3.05) is 0 Å². The molecule has 1 fully saturated rings. The molecular weight excluding hydrogens is 200 g/mol. The minimum Gasteiger partial charge on any atom is -0.431 e. The average Bonchev–Trinajstić information content (AvgIpc) is 2.46. The van der Waals surface area contributed by atoms with E-state index in [0.29, 0.717) is 0 Å². The van der Waals surface area contributed by atoms with E-state index >= 15 is 0 Å². The van der Waals surface area contributed by atoms with Crippen LogP contribution < -0.4 is 0 Å². The number of rotatable bonds is 5. The Morgan fingerprint density at radius 2 is 1.40 bits per heavy atom. The van der Waals surface area contributed by atoms with Crippen LogP contribution in [0.4, 0.5) is 0 Å². The molecule has 0 atom stereocenters. The van der Waals surface area contributed by atoms with Crippen LogP contribution in [0.3, 0.4) is 0 Å². The van der Waals surface area contributed by atoms with Gasteiger partial charge in [0.25, 0.3) is 0 Å². The van der Waals surface area contributed by atoms with Crippen molar-refractivity contribution in [3.8, 4) is 0 Å². The van der Waals surface area contributed by atoms with E-state index in [-0.39, 0.29) is 0 Å². The molecule has 1 rings (SSSR count). The van der Waals surface area contributed by atoms with E-state index in [2.05, 4.69) is 13.8 Å². The normalized spacial score (nSPS) is 20.2. The van der Waals surface area contributed by atoms with Crippen LogP contribution in [0, 0.1) is 0 Å². The van der Waals surface area contributed by atoms with Gasteiger partial charge in [-0.3, -0.25) is 0 Å². The first-order chi connectivity index (χ1) is 7.23. The zero-order valence-corrected chi connectivity index (χ0v) is 11.6. The third-order valence-electron chi connectivity index (χ3n) is 3.98. The Morgan fingerprint density at radius 3 is 1.80 bits per heavy atom. The molecule has 2 heteroatoms. The lowest BCUT2D eigenvalue weighted by Gasteiger charge is -2.33. The van der Waals surface area contributed by atoms with Gasteiger partial charge in [-0.25, -0.2) is 0 Å². The van der Waals surface area contributed by atoms with E-state index in [4.69, 9.17) is 0 Å². The molecule has 1 nitrogen and oxygen atoms in total. The van der Waals surface area contributed by atoms with Gasteiger partial charge in [-0.05, 0) is 17.6 Å². The Hall–Kier alpha value is 0.177. The van der Waals surface area contributed by atoms with Crippen molar-refractivity contribution < 1.29 is 4.80 Å². The van der Waals surface area contributed by atoms with Crippen LogP contribution in [0.1, 0.15) is 65.2 Å². The highest BCUT2D eigenvalue weighted by Crippen LogP contribution is 2.39. The molecule has 0 aromatic rings. The lowest BCUT2D eigenvalue weighted by Crippen LogP contribution is -2.39. The maximum Gasteiger partial charge on any atom is 0.191 e. The number of hydrogen-bond donors (Lipinski definition) is 1. The van der Waals surface area contributed by atoms with Crippen molar-refractivity contribution in [1.29, 1.82) is 0 Å². The van der Waals surface area contributed by atoms with E-state index in [1.165, 1.54) is 51.4 Å². The minimum absolute atomic E-state index is 0.722. The molecule has 1 aliphatic rings. The van der Waals surface area contributed by atoms with Gasteiger partial charge >= 0.3 is 0 Å². The van der Waals surface area contributed by atoms with Crippen molar-refractivity contribution in [2.24, 2.45) is 0 Å². The molecular formula is C13H28OSi. The Bertz CT molecular complexity index is 156. The van der Waals surface area contributed by atoms with Crippen LogP contribution >= 0.6 is 0 Å². The van der Waals surface area contributed by atoms with Crippen LogP contribution in [0.25, 0.3) is 0 Å². The maximum absolute atomic E-state index is 10.9. The van der Waals surface area contributed by atoms with Crippen LogP contribution in [0.5, 0.6) is 0 Å². The van der Waals surface area contributed by atoms with Gasteiger partial charge in [0, 0.05) is 0 Å². The quantitative estimate of drug-likeness (QED) is 0.544. The molecule has 0 bridgehead atoms. The fraction of sp³-hybridized carbons (Fsp3) is 1.00. The van der Waals surface area contributed by atoms with E-state index in [1.807, 2.05) is 0 Å². The Kier molecular flexibility index (Phi) is 5.91. The lowest BCUT2D eigenvalue weighted by atomic mass is 10.2. The van der Waals surface area contributed by atoms with Gasteiger partial charge in [0.2, 0.25) is 0 Å². The second-order valence-electron chi connectivity index (χ2n) is 5.29. The smallest absolute Gasteiger partial charge is 0.191 e. The highest BCUT2D eigenvalue weighted by Gasteiger charge is 2.37. The summed E-state index contributed by atoms with van der Waals surface area (Å²) in [6, 6.07) is 2.29. The van der Waals surface area contributed by atoms with Crippen molar-refractivity contribution in [2.45, 2.75) is 82.8 Å². The van der Waals surface area contributed by atoms with Crippen LogP contribution in [-0.2, 0) is 0 Å². The molecule has 90 valence electrons. The first-order valence-corrected chi connectivity index (χ1v) is 9.39. The first-order valence-electron chi connectivity index (χ1n) is 6.95. The SMILES string of the molecule is CCC[Si](O)(CCC)C1CCCCCC1. The molecule has 1 saturated carbocycles. The third kappa shape index (κ3) is 3.91. The third-order valence-corrected chi connectivity index (χ3v) is 8.81. The fourth-order valence-corrected chi connectivity index (χ4v) is 7.50. The average molecular weight is 228 g/mol. The summed E-state index contributed by atoms with van der Waals surface area (Å²) in [6.07, 6.45) is 10.5. The minimum atomic E-state index is -1.88. The molecule has 0 saturated heterocycles. The van der Waals surface area contributed by atoms with E-state index in [0.717, 1.165) is 17.6 Å². The van der Waals surface area contributed by atoms with Crippen LogP contribution in [0.2, 0.25) is 17.6 Å². The lowest BCUT2D eigenvalue weighted by molar-refractivity contribution is 0.471. The molecule has 0 amide bonds. The highest BCUT2D eigenvalue weighted by atomic mass is 28.4. The fourth-order valence-electron chi connectivity index (χ4n) is 3.22. The summed E-state index contributed by atoms with van der Waals surface area (Å²) in [5.41, 5.74) is 0.722. The topological polar surface area (TPSA) is 20.2 Å². The molecule has 0 heterocycles. The summed E-state index contributed by atoms with van der Waals surface area (Å²) < 4.78 is 0. The molecule has 15 heavy (non-hydrogen) atoms. The summed E-state index contributed by atoms with van der Waals surface area (Å²) in [4.78, 5) is 10.9. The van der Waals surface area contributed by atoms with Crippen molar-refractivity contribution in [3.63, 3.8) is 0 Å². The molecule has 0 radical (unpaired) electrons. The Morgan fingerprint density at radius 1 is 0.933 bits per heavy atom. The summed E-state index contributed by atoms with van der Waals surface area (Å²) in [5.74, 6) is 0. The van der Waals surface area contributed by atoms with Gasteiger partial charge in [0.15, 0.2) is 8.32 Å². The maximum atomic E-state index is 10.9. The van der Waals surface area contributed by atoms with Gasteiger partial charge in [0.05, 0.1) is 0 Å². The Labute approximate surface area is 96.4 Å². The van der Waals surface area contributed by atoms with E-state index in [1.54, 1.807) is 0 Å². The van der Waals surface area contributed by atoms with Crippen molar-refractivity contribution >= 4 is 8.32 Å². The van der Waals surface area contributed by atoms with E-state index in [9.17, 15) is 4.80 Å². The van der Waals surface area contributed by atoms with Gasteiger partial charge in [-0.1, -0.05) is 65.2 Å². The second kappa shape index (κ2) is 6.69. The predicted octanol–water partition coefficient (Wildman–Crippen LogP) is 4.47. The summed E-state index contributed by atoms with van der Waals surface area (Å²) in [5, 5.41) is 0.